The topological polar surface area (TPSA) is 106 Å². The van der Waals surface area contributed by atoms with Crippen molar-refractivity contribution in [2.24, 2.45) is 11.8 Å². The number of methoxy groups -OCH3 is 2. The molecule has 2 rings (SSSR count). The molecule has 178 valence electrons. The number of urea groups is 1. The molecule has 1 heterocycles. The molecule has 2 N–H and O–H groups in total. The molecule has 0 saturated carbocycles. The highest BCUT2D eigenvalue weighted by Crippen LogP contribution is 2.29. The molecule has 1 saturated heterocycles. The van der Waals surface area contributed by atoms with Gasteiger partial charge >= 0.3 is 12.0 Å². The number of nitrogens with zero attached hydrogens (tertiary/aromatic N) is 1. The molecule has 9 nitrogen and oxygen atoms in total. The van der Waals surface area contributed by atoms with E-state index in [1.807, 2.05) is 13.8 Å². The molecule has 1 fully saturated rings. The summed E-state index contributed by atoms with van der Waals surface area (Å²) in [6, 6.07) is 3.82. The lowest BCUT2D eigenvalue weighted by Crippen LogP contribution is -2.55. The fraction of sp³-hybridized carbons (Fsp3) is 0.609. The third-order valence-corrected chi connectivity index (χ3v) is 5.78. The van der Waals surface area contributed by atoms with Gasteiger partial charge in [0, 0.05) is 19.2 Å². The lowest BCUT2D eigenvalue weighted by molar-refractivity contribution is -0.151. The lowest BCUT2D eigenvalue weighted by atomic mass is 9.94. The van der Waals surface area contributed by atoms with E-state index in [0.29, 0.717) is 49.7 Å². The highest BCUT2D eigenvalue weighted by Gasteiger charge is 2.35. The predicted octanol–water partition coefficient (Wildman–Crippen LogP) is 3.04. The van der Waals surface area contributed by atoms with Gasteiger partial charge in [-0.2, -0.15) is 0 Å². The molecule has 1 aliphatic rings. The third kappa shape index (κ3) is 6.51. The van der Waals surface area contributed by atoms with Gasteiger partial charge in [-0.3, -0.25) is 9.59 Å². The molecule has 0 aliphatic carbocycles. The zero-order valence-corrected chi connectivity index (χ0v) is 19.6. The zero-order chi connectivity index (χ0) is 23.7. The smallest absolute Gasteiger partial charge is 0.320 e. The molecule has 9 heteroatoms. The summed E-state index contributed by atoms with van der Waals surface area (Å²) in [4.78, 5) is 39.9. The molecule has 0 radical (unpaired) electrons. The molecule has 3 unspecified atom stereocenters. The van der Waals surface area contributed by atoms with Gasteiger partial charge < -0.3 is 29.7 Å². The summed E-state index contributed by atoms with van der Waals surface area (Å²) in [5, 5.41) is 5.57. The van der Waals surface area contributed by atoms with E-state index in [9.17, 15) is 14.4 Å². The Morgan fingerprint density at radius 2 is 1.94 bits per heavy atom. The third-order valence-electron chi connectivity index (χ3n) is 5.78. The van der Waals surface area contributed by atoms with E-state index in [1.165, 1.54) is 7.11 Å². The van der Waals surface area contributed by atoms with Crippen LogP contribution >= 0.6 is 0 Å². The number of anilines is 1. The summed E-state index contributed by atoms with van der Waals surface area (Å²) in [5.74, 6) is 0.158. The van der Waals surface area contributed by atoms with Crippen LogP contribution in [0.4, 0.5) is 10.5 Å². The van der Waals surface area contributed by atoms with Gasteiger partial charge in [-0.1, -0.05) is 20.3 Å². The van der Waals surface area contributed by atoms with E-state index in [4.69, 9.17) is 14.2 Å². The molecule has 0 bridgehead atoms. The van der Waals surface area contributed by atoms with Crippen LogP contribution in [0.1, 0.15) is 40.0 Å². The SMILES string of the molecule is CCOC(=O)C1CCCN(C(=O)C(NC(=O)Nc2ccc(OC)cc2OC)C(C)CC)C1. The van der Waals surface area contributed by atoms with Crippen LogP contribution in [0.2, 0.25) is 0 Å². The number of piperidine rings is 1. The van der Waals surface area contributed by atoms with Crippen molar-refractivity contribution in [3.63, 3.8) is 0 Å². The Kier molecular flexibility index (Phi) is 9.61. The number of hydrogen-bond acceptors (Lipinski definition) is 6. The molecular formula is C23H35N3O6. The van der Waals surface area contributed by atoms with Gasteiger partial charge in [-0.25, -0.2) is 4.79 Å². The minimum absolute atomic E-state index is 0.0889. The number of esters is 1. The largest absolute Gasteiger partial charge is 0.497 e. The lowest BCUT2D eigenvalue weighted by Gasteiger charge is -2.35. The summed E-state index contributed by atoms with van der Waals surface area (Å²) in [7, 11) is 3.05. The highest BCUT2D eigenvalue weighted by molar-refractivity contribution is 5.95. The van der Waals surface area contributed by atoms with Crippen molar-refractivity contribution in [3.8, 4) is 11.5 Å². The van der Waals surface area contributed by atoms with Gasteiger partial charge in [0.05, 0.1) is 32.4 Å². The Morgan fingerprint density at radius 3 is 2.56 bits per heavy atom. The minimum atomic E-state index is -0.717. The van der Waals surface area contributed by atoms with E-state index >= 15 is 0 Å². The van der Waals surface area contributed by atoms with Gasteiger partial charge in [-0.05, 0) is 37.8 Å². The number of likely N-dealkylation sites (tertiary alicyclic amines) is 1. The summed E-state index contributed by atoms with van der Waals surface area (Å²) in [6.45, 7) is 6.83. The summed E-state index contributed by atoms with van der Waals surface area (Å²) in [6.07, 6.45) is 2.12. The van der Waals surface area contributed by atoms with Crippen LogP contribution in [0.25, 0.3) is 0 Å². The fourth-order valence-corrected chi connectivity index (χ4v) is 3.71. The van der Waals surface area contributed by atoms with Gasteiger partial charge in [0.25, 0.3) is 0 Å². The monoisotopic (exact) mass is 449 g/mol. The van der Waals surface area contributed by atoms with Crippen LogP contribution in [0, 0.1) is 11.8 Å². The number of rotatable bonds is 9. The average Bonchev–Trinajstić information content (AvgIpc) is 2.82. The van der Waals surface area contributed by atoms with E-state index < -0.39 is 12.1 Å². The standard InChI is InChI=1S/C23H35N3O6/c1-6-15(3)20(21(27)26-12-8-9-16(14-26)22(28)32-7-2)25-23(29)24-18-11-10-17(30-4)13-19(18)31-5/h10-11,13,15-16,20H,6-9,12,14H2,1-5H3,(H2,24,25,29). The highest BCUT2D eigenvalue weighted by atomic mass is 16.5. The Morgan fingerprint density at radius 1 is 1.19 bits per heavy atom. The van der Waals surface area contributed by atoms with Crippen molar-refractivity contribution in [1.82, 2.24) is 10.2 Å². The van der Waals surface area contributed by atoms with Crippen molar-refractivity contribution >= 4 is 23.6 Å². The zero-order valence-electron chi connectivity index (χ0n) is 19.6. The number of ether oxygens (including phenoxy) is 3. The summed E-state index contributed by atoms with van der Waals surface area (Å²) < 4.78 is 15.6. The first-order valence-electron chi connectivity index (χ1n) is 11.1. The van der Waals surface area contributed by atoms with Gasteiger partial charge in [0.15, 0.2) is 0 Å². The van der Waals surface area contributed by atoms with Crippen molar-refractivity contribution < 1.29 is 28.6 Å². The van der Waals surface area contributed by atoms with Gasteiger partial charge in [0.2, 0.25) is 5.91 Å². The van der Waals surface area contributed by atoms with E-state index in [0.717, 1.165) is 6.42 Å². The van der Waals surface area contributed by atoms with Crippen LogP contribution in [-0.2, 0) is 14.3 Å². The first-order valence-corrected chi connectivity index (χ1v) is 11.1. The minimum Gasteiger partial charge on any atom is -0.497 e. The second-order valence-electron chi connectivity index (χ2n) is 7.90. The number of carbonyl (C=O) groups is 3. The van der Waals surface area contributed by atoms with Crippen LogP contribution in [0.15, 0.2) is 18.2 Å². The molecular weight excluding hydrogens is 414 g/mol. The van der Waals surface area contributed by atoms with Crippen LogP contribution in [-0.4, -0.2) is 62.8 Å². The number of amides is 3. The first kappa shape index (κ1) is 25.3. The van der Waals surface area contributed by atoms with Crippen molar-refractivity contribution in [2.75, 3.05) is 39.2 Å². The number of carbonyl (C=O) groups excluding carboxylic acids is 3. The maximum absolute atomic E-state index is 13.3. The Balaban J connectivity index is 2.10. The van der Waals surface area contributed by atoms with Crippen LogP contribution in [0.3, 0.4) is 0 Å². The van der Waals surface area contributed by atoms with Crippen LogP contribution < -0.4 is 20.1 Å². The fourth-order valence-electron chi connectivity index (χ4n) is 3.71. The quantitative estimate of drug-likeness (QED) is 0.562. The molecule has 3 atom stereocenters. The van der Waals surface area contributed by atoms with Gasteiger partial charge in [0.1, 0.15) is 17.5 Å². The normalized spacial score (nSPS) is 17.7. The summed E-state index contributed by atoms with van der Waals surface area (Å²) in [5.41, 5.74) is 0.460. The van der Waals surface area contributed by atoms with E-state index in [-0.39, 0.29) is 23.7 Å². The van der Waals surface area contributed by atoms with Crippen molar-refractivity contribution in [1.29, 1.82) is 0 Å². The van der Waals surface area contributed by atoms with E-state index in [1.54, 1.807) is 37.1 Å². The molecule has 0 aromatic heterocycles. The summed E-state index contributed by atoms with van der Waals surface area (Å²) >= 11 is 0. The second-order valence-corrected chi connectivity index (χ2v) is 7.90. The maximum Gasteiger partial charge on any atom is 0.320 e. The number of benzene rings is 1. The molecule has 1 aromatic carbocycles. The van der Waals surface area contributed by atoms with Crippen LogP contribution in [0.5, 0.6) is 11.5 Å². The molecule has 3 amide bonds. The average molecular weight is 450 g/mol. The number of nitrogens with one attached hydrogen (secondary N) is 2. The molecule has 0 spiro atoms. The maximum atomic E-state index is 13.3. The number of hydrogen-bond donors (Lipinski definition) is 2. The van der Waals surface area contributed by atoms with Crippen molar-refractivity contribution in [2.45, 2.75) is 46.1 Å². The Hall–Kier alpha value is -2.97. The Bertz CT molecular complexity index is 800. The first-order chi connectivity index (χ1) is 15.3. The molecule has 1 aliphatic heterocycles. The van der Waals surface area contributed by atoms with Gasteiger partial charge in [-0.15, -0.1) is 0 Å². The Labute approximate surface area is 189 Å². The van der Waals surface area contributed by atoms with E-state index in [2.05, 4.69) is 10.6 Å². The molecule has 32 heavy (non-hydrogen) atoms. The molecule has 1 aromatic rings. The second kappa shape index (κ2) is 12.2. The van der Waals surface area contributed by atoms with Crippen molar-refractivity contribution in [3.05, 3.63) is 18.2 Å². The predicted molar refractivity (Wildman–Crippen MR) is 121 cm³/mol.